The Balaban J connectivity index is 0.00000371. The minimum Gasteiger partial charge on any atom is -0.364 e. The maximum absolute atomic E-state index is 12.3. The number of hydrogen-bond donors (Lipinski definition) is 3. The van der Waals surface area contributed by atoms with E-state index in [9.17, 15) is 14.4 Å². The van der Waals surface area contributed by atoms with Gasteiger partial charge in [0.1, 0.15) is 0 Å². The van der Waals surface area contributed by atoms with Crippen molar-refractivity contribution in [3.63, 3.8) is 0 Å². The average molecular weight is 541 g/mol. The zero-order chi connectivity index (χ0) is 29.5. The van der Waals surface area contributed by atoms with Gasteiger partial charge in [-0.2, -0.15) is 0 Å². The first-order valence-electron chi connectivity index (χ1n) is 13.1. The van der Waals surface area contributed by atoms with Gasteiger partial charge in [-0.05, 0) is 44.6 Å². The summed E-state index contributed by atoms with van der Waals surface area (Å²) in [5.41, 5.74) is 8.01. The second-order valence-corrected chi connectivity index (χ2v) is 9.09. The van der Waals surface area contributed by atoms with Crippen LogP contribution in [0.3, 0.4) is 0 Å². The highest BCUT2D eigenvalue weighted by atomic mass is 16.2. The minimum atomic E-state index is -0.662. The average Bonchev–Trinajstić information content (AvgIpc) is 2.89. The number of aryl methyl sites for hydroxylation is 1. The summed E-state index contributed by atoms with van der Waals surface area (Å²) in [6.45, 7) is 6.97. The number of rotatable bonds is 13. The number of benzene rings is 1. The maximum atomic E-state index is 12.3. The van der Waals surface area contributed by atoms with Crippen LogP contribution in [-0.2, 0) is 22.4 Å². The van der Waals surface area contributed by atoms with Crippen molar-refractivity contribution in [2.24, 2.45) is 5.73 Å². The maximum Gasteiger partial charge on any atom is 0.271 e. The van der Waals surface area contributed by atoms with E-state index in [1.807, 2.05) is 83.0 Å². The van der Waals surface area contributed by atoms with Crippen LogP contribution in [0.1, 0.15) is 42.5 Å². The molecule has 1 heterocycles. The number of nitrogens with two attached hydrogens (primary N) is 1. The summed E-state index contributed by atoms with van der Waals surface area (Å²) < 4.78 is 0. The molecular formula is C28H44N8O3. The Bertz CT molecular complexity index is 1130. The van der Waals surface area contributed by atoms with E-state index in [4.69, 9.17) is 5.73 Å². The molecule has 1 aromatic heterocycles. The molecule has 214 valence electrons. The van der Waals surface area contributed by atoms with Crippen LogP contribution in [0.5, 0.6) is 0 Å². The highest BCUT2D eigenvalue weighted by Gasteiger charge is 2.18. The summed E-state index contributed by atoms with van der Waals surface area (Å²) in [6.07, 6.45) is 4.42. The van der Waals surface area contributed by atoms with E-state index in [0.29, 0.717) is 43.1 Å². The molecule has 11 nitrogen and oxygen atoms in total. The number of carbonyl (C=O) groups is 3. The zero-order valence-corrected chi connectivity index (χ0v) is 24.5. The van der Waals surface area contributed by atoms with Crippen molar-refractivity contribution in [1.29, 1.82) is 0 Å². The Labute approximate surface area is 232 Å². The van der Waals surface area contributed by atoms with Crippen LogP contribution < -0.4 is 21.3 Å². The summed E-state index contributed by atoms with van der Waals surface area (Å²) in [7, 11) is 9.14. The van der Waals surface area contributed by atoms with E-state index >= 15 is 0 Å². The second-order valence-electron chi connectivity index (χ2n) is 9.09. The summed E-state index contributed by atoms with van der Waals surface area (Å²) in [6, 6.07) is 7.57. The standard InChI is InChI=1S/C26H38N8O3.C2H6/c1-7-20-26(33(4)5)31-25(23(30-20)24(27)37)29-19-11-8-10-18(16-19)13-14-28-21(35)17-34(6)22(36)12-9-15-32(2)3;1-2/h8-12,16H,7,13-15,17H2,1-6H3,(H2,27,37)(H,28,35)(H,29,31);1-2H3/b12-9+;. The Kier molecular flexibility index (Phi) is 14.2. The fraction of sp³-hybridized carbons (Fsp3) is 0.464. The molecule has 2 rings (SSSR count). The lowest BCUT2D eigenvalue weighted by atomic mass is 10.1. The largest absolute Gasteiger partial charge is 0.364 e. The first-order valence-corrected chi connectivity index (χ1v) is 13.1. The number of primary amides is 1. The van der Waals surface area contributed by atoms with E-state index in [0.717, 1.165) is 5.56 Å². The number of amides is 3. The second kappa shape index (κ2) is 16.8. The molecule has 0 aliphatic carbocycles. The van der Waals surface area contributed by atoms with Gasteiger partial charge in [-0.3, -0.25) is 14.4 Å². The number of nitrogens with zero attached hydrogens (tertiary/aromatic N) is 5. The van der Waals surface area contributed by atoms with E-state index in [-0.39, 0.29) is 29.9 Å². The van der Waals surface area contributed by atoms with Crippen LogP contribution >= 0.6 is 0 Å². The number of likely N-dealkylation sites (N-methyl/N-ethyl adjacent to an activating group) is 2. The molecule has 0 aliphatic heterocycles. The molecule has 4 N–H and O–H groups in total. The van der Waals surface area contributed by atoms with Gasteiger partial charge in [0.2, 0.25) is 11.8 Å². The lowest BCUT2D eigenvalue weighted by molar-refractivity contribution is -0.131. The first-order chi connectivity index (χ1) is 18.5. The third-order valence-corrected chi connectivity index (χ3v) is 5.35. The molecule has 3 amide bonds. The molecular weight excluding hydrogens is 496 g/mol. The number of aromatic nitrogens is 2. The molecule has 0 aliphatic rings. The third-order valence-electron chi connectivity index (χ3n) is 5.35. The van der Waals surface area contributed by atoms with E-state index < -0.39 is 5.91 Å². The van der Waals surface area contributed by atoms with Gasteiger partial charge in [-0.25, -0.2) is 9.97 Å². The van der Waals surface area contributed by atoms with Crippen LogP contribution in [0, 0.1) is 0 Å². The molecule has 0 saturated heterocycles. The molecule has 1 aromatic carbocycles. The Morgan fingerprint density at radius 3 is 2.33 bits per heavy atom. The Morgan fingerprint density at radius 2 is 1.74 bits per heavy atom. The van der Waals surface area contributed by atoms with E-state index in [1.165, 1.54) is 11.0 Å². The molecule has 0 radical (unpaired) electrons. The van der Waals surface area contributed by atoms with Crippen molar-refractivity contribution >= 4 is 35.0 Å². The van der Waals surface area contributed by atoms with Gasteiger partial charge in [0.05, 0.1) is 12.2 Å². The summed E-state index contributed by atoms with van der Waals surface area (Å²) >= 11 is 0. The van der Waals surface area contributed by atoms with Gasteiger partial charge >= 0.3 is 0 Å². The van der Waals surface area contributed by atoms with Gasteiger partial charge in [0.15, 0.2) is 17.3 Å². The predicted octanol–water partition coefficient (Wildman–Crippen LogP) is 2.21. The van der Waals surface area contributed by atoms with Gasteiger partial charge in [-0.15, -0.1) is 0 Å². The van der Waals surface area contributed by atoms with Crippen LogP contribution in [0.25, 0.3) is 0 Å². The normalized spacial score (nSPS) is 10.6. The highest BCUT2D eigenvalue weighted by Crippen LogP contribution is 2.24. The molecule has 0 fully saturated rings. The van der Waals surface area contributed by atoms with Crippen molar-refractivity contribution in [3.8, 4) is 0 Å². The molecule has 0 saturated carbocycles. The van der Waals surface area contributed by atoms with Crippen molar-refractivity contribution in [1.82, 2.24) is 25.1 Å². The third kappa shape index (κ3) is 11.1. The number of anilines is 3. The number of nitrogens with one attached hydrogen (secondary N) is 2. The van der Waals surface area contributed by atoms with Crippen molar-refractivity contribution in [2.75, 3.05) is 65.1 Å². The molecule has 2 aromatic rings. The Hall–Kier alpha value is -3.99. The molecule has 0 spiro atoms. The van der Waals surface area contributed by atoms with Gasteiger partial charge in [0.25, 0.3) is 5.91 Å². The SMILES string of the molecule is CC.CCc1nc(C(N)=O)c(Nc2cccc(CCNC(=O)CN(C)C(=O)/C=C/CN(C)C)c2)nc1N(C)C. The quantitative estimate of drug-likeness (QED) is 0.329. The van der Waals surface area contributed by atoms with Crippen LogP contribution in [0.2, 0.25) is 0 Å². The van der Waals surface area contributed by atoms with E-state index in [1.54, 1.807) is 13.1 Å². The fourth-order valence-electron chi connectivity index (χ4n) is 3.44. The first kappa shape index (κ1) is 33.0. The molecule has 11 heteroatoms. The fourth-order valence-corrected chi connectivity index (χ4v) is 3.44. The lowest BCUT2D eigenvalue weighted by Gasteiger charge is -2.18. The molecule has 0 unspecified atom stereocenters. The zero-order valence-electron chi connectivity index (χ0n) is 24.5. The smallest absolute Gasteiger partial charge is 0.271 e. The monoisotopic (exact) mass is 540 g/mol. The Morgan fingerprint density at radius 1 is 1.05 bits per heavy atom. The van der Waals surface area contributed by atoms with Gasteiger partial charge in [0, 0.05) is 46.0 Å². The molecule has 0 bridgehead atoms. The van der Waals surface area contributed by atoms with Crippen LogP contribution in [0.15, 0.2) is 36.4 Å². The minimum absolute atomic E-state index is 0.0245. The van der Waals surface area contributed by atoms with E-state index in [2.05, 4.69) is 20.6 Å². The van der Waals surface area contributed by atoms with Crippen molar-refractivity contribution < 1.29 is 14.4 Å². The summed E-state index contributed by atoms with van der Waals surface area (Å²) in [4.78, 5) is 50.6. The number of carbonyl (C=O) groups excluding carboxylic acids is 3. The summed E-state index contributed by atoms with van der Waals surface area (Å²) in [5.74, 6) is -0.180. The van der Waals surface area contributed by atoms with Gasteiger partial charge in [-0.1, -0.05) is 39.0 Å². The van der Waals surface area contributed by atoms with Crippen LogP contribution in [-0.4, -0.2) is 92.4 Å². The van der Waals surface area contributed by atoms with Crippen molar-refractivity contribution in [2.45, 2.75) is 33.6 Å². The highest BCUT2D eigenvalue weighted by molar-refractivity contribution is 5.96. The predicted molar refractivity (Wildman–Crippen MR) is 157 cm³/mol. The molecule has 39 heavy (non-hydrogen) atoms. The molecule has 0 atom stereocenters. The van der Waals surface area contributed by atoms with Crippen LogP contribution in [0.4, 0.5) is 17.3 Å². The topological polar surface area (TPSA) is 137 Å². The summed E-state index contributed by atoms with van der Waals surface area (Å²) in [5, 5.41) is 6.00. The lowest BCUT2D eigenvalue weighted by Crippen LogP contribution is -2.38. The van der Waals surface area contributed by atoms with Gasteiger partial charge < -0.3 is 31.1 Å². The number of hydrogen-bond acceptors (Lipinski definition) is 8. The van der Waals surface area contributed by atoms with Crippen molar-refractivity contribution in [3.05, 3.63) is 53.4 Å².